The molecule has 39 heavy (non-hydrogen) atoms. The van der Waals surface area contributed by atoms with Crippen LogP contribution in [0.1, 0.15) is 79.6 Å². The Morgan fingerprint density at radius 2 is 1.72 bits per heavy atom. The number of allylic oxidation sites excluding steroid dienone is 2. The highest BCUT2D eigenvalue weighted by molar-refractivity contribution is 7.81. The standard InChI is InChI=1S/C28H46O9S2/c1-17(2)19(16-36-38(30,31)32)7-6-18(3)23-10-11-24-22-9-8-20-14-21(37-39(33,34)35)12-13-27(20,4)25(22)15-26(29)28(23,24)5/h6-8,17-19,21-26,29H,9-16H2,1-5H3,(H,30,31,32)(H,33,34,35)/b7-6+/t18-,19+,21+,22+,23-,24+,25+,26+,27+,28-/m1/s1. The van der Waals surface area contributed by atoms with Crippen molar-refractivity contribution in [2.24, 2.45) is 52.3 Å². The molecule has 4 aliphatic rings. The van der Waals surface area contributed by atoms with E-state index in [-0.39, 0.29) is 41.1 Å². The Balaban J connectivity index is 1.51. The lowest BCUT2D eigenvalue weighted by molar-refractivity contribution is -0.133. The quantitative estimate of drug-likeness (QED) is 0.249. The second-order valence-corrected chi connectivity index (χ2v) is 15.5. The molecule has 4 aliphatic carbocycles. The second-order valence-electron chi connectivity index (χ2n) is 13.3. The molecule has 11 heteroatoms. The highest BCUT2D eigenvalue weighted by Gasteiger charge is 2.62. The van der Waals surface area contributed by atoms with Crippen molar-refractivity contribution in [1.82, 2.24) is 0 Å². The number of aliphatic hydroxyl groups is 1. The lowest BCUT2D eigenvalue weighted by Crippen LogP contribution is -2.56. The molecule has 0 saturated heterocycles. The van der Waals surface area contributed by atoms with Gasteiger partial charge in [0.15, 0.2) is 0 Å². The van der Waals surface area contributed by atoms with Crippen LogP contribution in [0.25, 0.3) is 0 Å². The number of fused-ring (bicyclic) bond motifs is 5. The van der Waals surface area contributed by atoms with Crippen molar-refractivity contribution in [2.75, 3.05) is 6.61 Å². The average molecular weight is 591 g/mol. The molecule has 0 aromatic carbocycles. The molecule has 0 aromatic heterocycles. The Kier molecular flexibility index (Phi) is 8.87. The maximum Gasteiger partial charge on any atom is 0.397 e. The summed E-state index contributed by atoms with van der Waals surface area (Å²) in [6, 6.07) is 0. The molecule has 9 nitrogen and oxygen atoms in total. The molecule has 0 heterocycles. The fourth-order valence-electron chi connectivity index (χ4n) is 8.83. The molecule has 0 unspecified atom stereocenters. The number of hydrogen-bond donors (Lipinski definition) is 3. The summed E-state index contributed by atoms with van der Waals surface area (Å²) in [4.78, 5) is 0. The van der Waals surface area contributed by atoms with E-state index in [1.165, 1.54) is 5.57 Å². The monoisotopic (exact) mass is 590 g/mol. The zero-order valence-electron chi connectivity index (χ0n) is 23.7. The fourth-order valence-corrected chi connectivity index (χ4v) is 9.66. The van der Waals surface area contributed by atoms with E-state index in [1.54, 1.807) is 0 Å². The summed E-state index contributed by atoms with van der Waals surface area (Å²) >= 11 is 0. The molecule has 4 rings (SSSR count). The van der Waals surface area contributed by atoms with Crippen LogP contribution >= 0.6 is 0 Å². The van der Waals surface area contributed by atoms with Crippen LogP contribution in [0.3, 0.4) is 0 Å². The van der Waals surface area contributed by atoms with E-state index in [0.29, 0.717) is 37.0 Å². The summed E-state index contributed by atoms with van der Waals surface area (Å²) in [7, 11) is -8.98. The lowest BCUT2D eigenvalue weighted by atomic mass is 9.46. The van der Waals surface area contributed by atoms with Gasteiger partial charge < -0.3 is 5.11 Å². The van der Waals surface area contributed by atoms with Gasteiger partial charge in [-0.1, -0.05) is 58.4 Å². The maximum atomic E-state index is 11.8. The molecule has 0 spiro atoms. The van der Waals surface area contributed by atoms with Crippen molar-refractivity contribution >= 4 is 20.8 Å². The summed E-state index contributed by atoms with van der Waals surface area (Å²) in [5.41, 5.74) is 0.832. The van der Waals surface area contributed by atoms with Gasteiger partial charge in [0.05, 0.1) is 18.8 Å². The van der Waals surface area contributed by atoms with E-state index in [1.807, 2.05) is 19.9 Å². The molecule has 3 saturated carbocycles. The largest absolute Gasteiger partial charge is 0.397 e. The smallest absolute Gasteiger partial charge is 0.393 e. The molecule has 10 atom stereocenters. The van der Waals surface area contributed by atoms with Gasteiger partial charge in [0.25, 0.3) is 0 Å². The minimum Gasteiger partial charge on any atom is -0.393 e. The van der Waals surface area contributed by atoms with Crippen LogP contribution in [0.4, 0.5) is 0 Å². The summed E-state index contributed by atoms with van der Waals surface area (Å²) in [6.45, 7) is 10.5. The molecular weight excluding hydrogens is 544 g/mol. The van der Waals surface area contributed by atoms with E-state index in [9.17, 15) is 21.9 Å². The van der Waals surface area contributed by atoms with E-state index in [0.717, 1.165) is 25.7 Å². The number of aliphatic hydroxyl groups excluding tert-OH is 1. The van der Waals surface area contributed by atoms with Crippen molar-refractivity contribution in [3.8, 4) is 0 Å². The SMILES string of the molecule is CC(C)[C@@H](/C=C/[C@@H](C)[C@H]1CC[C@H]2[C@@H]3CC=C4C[C@@H](OS(=O)(=O)O)CC[C@]4(C)[C@H]3C[C@H](O)[C@]12C)COS(=O)(=O)O. The summed E-state index contributed by atoms with van der Waals surface area (Å²) in [5.74, 6) is 1.55. The number of rotatable bonds is 9. The summed E-state index contributed by atoms with van der Waals surface area (Å²) < 4.78 is 72.4. The van der Waals surface area contributed by atoms with Gasteiger partial charge >= 0.3 is 20.8 Å². The van der Waals surface area contributed by atoms with Crippen LogP contribution in [0.2, 0.25) is 0 Å². The van der Waals surface area contributed by atoms with Gasteiger partial charge in [-0.25, -0.2) is 8.37 Å². The zero-order valence-corrected chi connectivity index (χ0v) is 25.3. The highest BCUT2D eigenvalue weighted by Crippen LogP contribution is 2.67. The molecule has 224 valence electrons. The Bertz CT molecular complexity index is 1180. The first-order chi connectivity index (χ1) is 18.0. The first kappa shape index (κ1) is 31.1. The van der Waals surface area contributed by atoms with E-state index < -0.39 is 33.0 Å². The predicted molar refractivity (Wildman–Crippen MR) is 147 cm³/mol. The van der Waals surface area contributed by atoms with Crippen LogP contribution in [-0.4, -0.2) is 49.9 Å². The molecular formula is C28H46O9S2. The van der Waals surface area contributed by atoms with Gasteiger partial charge in [0.2, 0.25) is 0 Å². The van der Waals surface area contributed by atoms with Gasteiger partial charge in [-0.05, 0) is 91.3 Å². The van der Waals surface area contributed by atoms with Crippen LogP contribution in [0, 0.1) is 52.3 Å². The minimum absolute atomic E-state index is 0.111. The van der Waals surface area contributed by atoms with Crippen molar-refractivity contribution in [3.05, 3.63) is 23.8 Å². The molecule has 0 aromatic rings. The average Bonchev–Trinajstić information content (AvgIpc) is 3.17. The summed E-state index contributed by atoms with van der Waals surface area (Å²) in [5, 5.41) is 11.8. The lowest BCUT2D eigenvalue weighted by Gasteiger charge is -2.60. The summed E-state index contributed by atoms with van der Waals surface area (Å²) in [6.07, 6.45) is 10.9. The molecule has 0 aliphatic heterocycles. The third-order valence-corrected chi connectivity index (χ3v) is 12.0. The fraction of sp³-hybridized carbons (Fsp3) is 0.857. The molecule has 0 radical (unpaired) electrons. The molecule has 3 N–H and O–H groups in total. The Hall–Kier alpha value is -0.820. The van der Waals surface area contributed by atoms with E-state index in [4.69, 9.17) is 13.3 Å². The van der Waals surface area contributed by atoms with Crippen LogP contribution in [0.15, 0.2) is 23.8 Å². The van der Waals surface area contributed by atoms with Crippen LogP contribution in [0.5, 0.6) is 0 Å². The Labute approximate surface area is 234 Å². The van der Waals surface area contributed by atoms with Gasteiger partial charge in [-0.15, -0.1) is 0 Å². The van der Waals surface area contributed by atoms with Crippen LogP contribution in [-0.2, 0) is 29.2 Å². The minimum atomic E-state index is -4.49. The topological polar surface area (TPSA) is 147 Å². The normalized spacial score (nSPS) is 40.6. The van der Waals surface area contributed by atoms with Gasteiger partial charge in [0, 0.05) is 5.92 Å². The first-order valence-electron chi connectivity index (χ1n) is 14.3. The predicted octanol–water partition coefficient (Wildman–Crippen LogP) is 5.01. The van der Waals surface area contributed by atoms with Gasteiger partial charge in [0.1, 0.15) is 0 Å². The van der Waals surface area contributed by atoms with E-state index >= 15 is 0 Å². The van der Waals surface area contributed by atoms with E-state index in [2.05, 4.69) is 37.1 Å². The Morgan fingerprint density at radius 3 is 2.33 bits per heavy atom. The van der Waals surface area contributed by atoms with Crippen molar-refractivity contribution in [3.63, 3.8) is 0 Å². The highest BCUT2D eigenvalue weighted by atomic mass is 32.3. The van der Waals surface area contributed by atoms with Crippen molar-refractivity contribution in [1.29, 1.82) is 0 Å². The molecule has 3 fully saturated rings. The van der Waals surface area contributed by atoms with Gasteiger partial charge in [-0.2, -0.15) is 16.8 Å². The third kappa shape index (κ3) is 6.34. The number of hydrogen-bond acceptors (Lipinski definition) is 7. The van der Waals surface area contributed by atoms with Crippen molar-refractivity contribution < 1.29 is 39.4 Å². The maximum absolute atomic E-state index is 11.8. The molecule has 0 bridgehead atoms. The van der Waals surface area contributed by atoms with Gasteiger partial charge in [-0.3, -0.25) is 9.11 Å². The first-order valence-corrected chi connectivity index (χ1v) is 17.0. The zero-order chi connectivity index (χ0) is 29.0. The van der Waals surface area contributed by atoms with Crippen LogP contribution < -0.4 is 0 Å². The molecule has 0 amide bonds. The Morgan fingerprint density at radius 1 is 1.03 bits per heavy atom. The second kappa shape index (κ2) is 11.1. The third-order valence-electron chi connectivity index (χ3n) is 11.1. The van der Waals surface area contributed by atoms with Crippen molar-refractivity contribution in [2.45, 2.75) is 91.8 Å².